The van der Waals surface area contributed by atoms with Crippen LogP contribution in [0.1, 0.15) is 12.8 Å². The summed E-state index contributed by atoms with van der Waals surface area (Å²) in [6, 6.07) is 6.29. The Labute approximate surface area is 145 Å². The Morgan fingerprint density at radius 2 is 2.04 bits per heavy atom. The van der Waals surface area contributed by atoms with Crippen molar-refractivity contribution in [2.24, 2.45) is 5.92 Å². The Kier molecular flexibility index (Phi) is 6.15. The minimum Gasteiger partial charge on any atom is -0.469 e. The number of methoxy groups -OCH3 is 1. The third-order valence-corrected chi connectivity index (χ3v) is 4.42. The lowest BCUT2D eigenvalue weighted by Crippen LogP contribution is -2.43. The van der Waals surface area contributed by atoms with Crippen LogP contribution in [0.3, 0.4) is 0 Å². The van der Waals surface area contributed by atoms with Crippen LogP contribution in [-0.4, -0.2) is 33.2 Å². The molecule has 0 bridgehead atoms. The summed E-state index contributed by atoms with van der Waals surface area (Å²) >= 11 is 3.46. The predicted octanol–water partition coefficient (Wildman–Crippen LogP) is 2.46. The Bertz CT molecular complexity index is 585. The summed E-state index contributed by atoms with van der Waals surface area (Å²) < 4.78 is 5.76. The Morgan fingerprint density at radius 3 is 2.65 bits per heavy atom. The molecule has 0 spiro atoms. The van der Waals surface area contributed by atoms with Crippen LogP contribution >= 0.6 is 15.9 Å². The molecule has 6 nitrogen and oxygen atoms in total. The van der Waals surface area contributed by atoms with Crippen molar-refractivity contribution in [2.45, 2.75) is 18.9 Å². The average molecular weight is 383 g/mol. The summed E-state index contributed by atoms with van der Waals surface area (Å²) in [5, 5.41) is 12.9. The first-order valence-corrected chi connectivity index (χ1v) is 8.32. The smallest absolute Gasteiger partial charge is 0.308 e. The Hall–Kier alpha value is -1.89. The highest BCUT2D eigenvalue weighted by molar-refractivity contribution is 9.10. The lowest BCUT2D eigenvalue weighted by Gasteiger charge is -2.33. The topological polar surface area (TPSA) is 74.4 Å². The van der Waals surface area contributed by atoms with E-state index in [0.717, 1.165) is 34.5 Å². The fraction of sp³-hybridized carbons (Fsp3) is 0.438. The molecule has 0 aromatic heterocycles. The van der Waals surface area contributed by atoms with Gasteiger partial charge in [-0.2, -0.15) is 0 Å². The Morgan fingerprint density at radius 1 is 1.30 bits per heavy atom. The van der Waals surface area contributed by atoms with Gasteiger partial charge in [0.15, 0.2) is 0 Å². The minimum atomic E-state index is -0.118. The van der Waals surface area contributed by atoms with Gasteiger partial charge in [-0.05, 0) is 31.0 Å². The van der Waals surface area contributed by atoms with Gasteiger partial charge >= 0.3 is 5.97 Å². The lowest BCUT2D eigenvalue weighted by atomic mass is 9.80. The number of halogens is 1. The number of esters is 1. The van der Waals surface area contributed by atoms with Gasteiger partial charge in [-0.3, -0.25) is 4.79 Å². The van der Waals surface area contributed by atoms with E-state index in [0.29, 0.717) is 6.04 Å². The van der Waals surface area contributed by atoms with Crippen molar-refractivity contribution in [3.8, 4) is 0 Å². The monoisotopic (exact) mass is 382 g/mol. The first kappa shape index (κ1) is 17.5. The molecule has 0 unspecified atom stereocenters. The molecule has 1 fully saturated rings. The number of hydrogen-bond donors (Lipinski definition) is 4. The van der Waals surface area contributed by atoms with Crippen LogP contribution in [0.25, 0.3) is 0 Å². The van der Waals surface area contributed by atoms with Gasteiger partial charge in [-0.1, -0.05) is 15.9 Å². The van der Waals surface area contributed by atoms with Gasteiger partial charge in [0.1, 0.15) is 5.82 Å². The summed E-state index contributed by atoms with van der Waals surface area (Å²) in [5.41, 5.74) is 1.97. The third-order valence-electron chi connectivity index (χ3n) is 3.93. The van der Waals surface area contributed by atoms with E-state index in [1.165, 1.54) is 7.11 Å². The van der Waals surface area contributed by atoms with E-state index in [2.05, 4.69) is 37.2 Å². The molecule has 0 radical (unpaired) electrons. The fourth-order valence-corrected chi connectivity index (χ4v) is 2.82. The maximum atomic E-state index is 11.4. The molecular weight excluding hydrogens is 360 g/mol. The van der Waals surface area contributed by atoms with Gasteiger partial charge in [0.25, 0.3) is 0 Å². The number of anilines is 2. The van der Waals surface area contributed by atoms with E-state index < -0.39 is 0 Å². The van der Waals surface area contributed by atoms with E-state index in [1.807, 2.05) is 38.5 Å². The van der Waals surface area contributed by atoms with Crippen LogP contribution in [0.2, 0.25) is 0 Å². The molecule has 1 aliphatic carbocycles. The van der Waals surface area contributed by atoms with Crippen LogP contribution < -0.4 is 21.3 Å². The predicted molar refractivity (Wildman–Crippen MR) is 96.1 cm³/mol. The largest absolute Gasteiger partial charge is 0.469 e. The summed E-state index contributed by atoms with van der Waals surface area (Å²) in [7, 11) is 5.18. The van der Waals surface area contributed by atoms with E-state index >= 15 is 0 Å². The van der Waals surface area contributed by atoms with Crippen LogP contribution in [0.5, 0.6) is 0 Å². The van der Waals surface area contributed by atoms with Crippen LogP contribution in [-0.2, 0) is 9.53 Å². The second-order valence-corrected chi connectivity index (χ2v) is 6.34. The second kappa shape index (κ2) is 8.10. The van der Waals surface area contributed by atoms with Gasteiger partial charge in [-0.15, -0.1) is 0 Å². The highest BCUT2D eigenvalue weighted by Crippen LogP contribution is 2.29. The van der Waals surface area contributed by atoms with E-state index in [-0.39, 0.29) is 11.9 Å². The maximum Gasteiger partial charge on any atom is 0.308 e. The molecule has 1 saturated carbocycles. The molecule has 2 rings (SSSR count). The quantitative estimate of drug-likeness (QED) is 0.542. The first-order valence-electron chi connectivity index (χ1n) is 7.53. The van der Waals surface area contributed by atoms with E-state index in [9.17, 15) is 4.79 Å². The molecule has 4 N–H and O–H groups in total. The van der Waals surface area contributed by atoms with Crippen LogP contribution in [0.15, 0.2) is 34.7 Å². The molecule has 1 aromatic rings. The zero-order chi connectivity index (χ0) is 16.8. The molecule has 0 aliphatic heterocycles. The number of rotatable bonds is 7. The normalized spacial score (nSPS) is 20.3. The van der Waals surface area contributed by atoms with Crippen LogP contribution in [0, 0.1) is 5.92 Å². The summed E-state index contributed by atoms with van der Waals surface area (Å²) in [6.45, 7) is 0. The lowest BCUT2D eigenvalue weighted by molar-refractivity contribution is -0.149. The van der Waals surface area contributed by atoms with Crippen molar-refractivity contribution in [1.29, 1.82) is 0 Å². The highest BCUT2D eigenvalue weighted by atomic mass is 79.9. The van der Waals surface area contributed by atoms with Crippen molar-refractivity contribution in [3.63, 3.8) is 0 Å². The van der Waals surface area contributed by atoms with Crippen molar-refractivity contribution in [2.75, 3.05) is 31.8 Å². The second-order valence-electron chi connectivity index (χ2n) is 5.43. The summed E-state index contributed by atoms with van der Waals surface area (Å²) in [5.74, 6) is 0.761. The average Bonchev–Trinajstić information content (AvgIpc) is 2.52. The molecule has 7 heteroatoms. The molecule has 23 heavy (non-hydrogen) atoms. The Balaban J connectivity index is 1.92. The molecular formula is C16H23BrN4O2. The number of ether oxygens (including phenoxy) is 1. The van der Waals surface area contributed by atoms with Gasteiger partial charge in [0.2, 0.25) is 0 Å². The highest BCUT2D eigenvalue weighted by Gasteiger charge is 2.34. The zero-order valence-corrected chi connectivity index (χ0v) is 15.2. The van der Waals surface area contributed by atoms with E-state index in [4.69, 9.17) is 4.74 Å². The maximum absolute atomic E-state index is 11.4. The molecule has 0 atom stereocenters. The molecule has 1 aromatic carbocycles. The van der Waals surface area contributed by atoms with Gasteiger partial charge in [0.05, 0.1) is 24.4 Å². The zero-order valence-electron chi connectivity index (χ0n) is 13.6. The number of carbonyl (C=O) groups is 1. The third kappa shape index (κ3) is 4.54. The van der Waals surface area contributed by atoms with Crippen molar-refractivity contribution < 1.29 is 9.53 Å². The molecule has 0 amide bonds. The van der Waals surface area contributed by atoms with Gasteiger partial charge in [-0.25, -0.2) is 0 Å². The number of hydrogen-bond acceptors (Lipinski definition) is 6. The van der Waals surface area contributed by atoms with Crippen molar-refractivity contribution in [1.82, 2.24) is 10.6 Å². The van der Waals surface area contributed by atoms with Crippen LogP contribution in [0.4, 0.5) is 11.4 Å². The molecule has 1 aliphatic rings. The number of carbonyl (C=O) groups excluding carboxylic acids is 1. The molecule has 0 heterocycles. The number of nitrogens with one attached hydrogen (secondary N) is 4. The molecule has 0 saturated heterocycles. The summed E-state index contributed by atoms with van der Waals surface area (Å²) in [6.07, 6.45) is 3.51. The number of benzene rings is 1. The first-order chi connectivity index (χ1) is 11.1. The van der Waals surface area contributed by atoms with E-state index in [1.54, 1.807) is 0 Å². The summed E-state index contributed by atoms with van der Waals surface area (Å²) in [4.78, 5) is 11.4. The standard InChI is InChI=1S/C16H23BrN4O2/c1-18-14-8-11(17)4-5-13(14)21-15(19-2)9-20-12-6-10(7-12)16(22)23-3/h4-5,8-10,12,18-21H,6-7H2,1-3H3/b15-9+. The SMILES string of the molecule is CN/C(=C\NC1CC(C(=O)OC)C1)Nc1ccc(Br)cc1NC. The fourth-order valence-electron chi connectivity index (χ4n) is 2.46. The van der Waals surface area contributed by atoms with Gasteiger partial charge < -0.3 is 26.0 Å². The molecule has 126 valence electrons. The van der Waals surface area contributed by atoms with Crippen molar-refractivity contribution >= 4 is 33.3 Å². The van der Waals surface area contributed by atoms with Gasteiger partial charge in [0, 0.05) is 30.8 Å². The van der Waals surface area contributed by atoms with Crippen molar-refractivity contribution in [3.05, 3.63) is 34.7 Å². The minimum absolute atomic E-state index is 0.0271.